The fourth-order valence-electron chi connectivity index (χ4n) is 2.07. The summed E-state index contributed by atoms with van der Waals surface area (Å²) in [6, 6.07) is 0. The van der Waals surface area contributed by atoms with Crippen LogP contribution in [0.5, 0.6) is 0 Å². The number of anilines is 1. The van der Waals surface area contributed by atoms with Gasteiger partial charge in [-0.05, 0) is 41.5 Å². The fraction of sp³-hybridized carbons (Fsp3) is 0.529. The normalized spacial score (nSPS) is 11.8. The zero-order chi connectivity index (χ0) is 21.3. The molecule has 2 heterocycles. The van der Waals surface area contributed by atoms with E-state index < -0.39 is 29.4 Å². The molecule has 2 aromatic rings. The molecule has 0 spiro atoms. The van der Waals surface area contributed by atoms with Crippen molar-refractivity contribution >= 4 is 29.6 Å². The molecule has 152 valence electrons. The maximum absolute atomic E-state index is 12.7. The molecule has 0 atom stereocenters. The first-order valence-electron chi connectivity index (χ1n) is 8.37. The third-order valence-corrected chi connectivity index (χ3v) is 3.04. The lowest BCUT2D eigenvalue weighted by Crippen LogP contribution is -2.44. The quantitative estimate of drug-likeness (QED) is 0.559. The van der Waals surface area contributed by atoms with Crippen molar-refractivity contribution in [1.29, 1.82) is 0 Å². The predicted molar refractivity (Wildman–Crippen MR) is 97.1 cm³/mol. The van der Waals surface area contributed by atoms with Crippen LogP contribution in [0.3, 0.4) is 0 Å². The highest BCUT2D eigenvalue weighted by molar-refractivity contribution is 6.11. The average molecular weight is 393 g/mol. The molecule has 0 saturated carbocycles. The fourth-order valence-corrected chi connectivity index (χ4v) is 2.07. The minimum atomic E-state index is -1.01. The van der Waals surface area contributed by atoms with E-state index in [4.69, 9.17) is 9.47 Å². The SMILES string of the molecule is COC(=O)c1cnc2c(N(C(=O)OC(C)(C)C)C(=O)OC(C)(C)C)ncnn12. The van der Waals surface area contributed by atoms with Gasteiger partial charge in [0.1, 0.15) is 17.5 Å². The van der Waals surface area contributed by atoms with E-state index in [9.17, 15) is 14.4 Å². The molecular weight excluding hydrogens is 370 g/mol. The number of hydrogen-bond donors (Lipinski definition) is 0. The number of carbonyl (C=O) groups is 3. The summed E-state index contributed by atoms with van der Waals surface area (Å²) in [5.74, 6) is -0.896. The Bertz CT molecular complexity index is 881. The van der Waals surface area contributed by atoms with Gasteiger partial charge in [0.2, 0.25) is 0 Å². The van der Waals surface area contributed by atoms with Crippen LogP contribution in [0.4, 0.5) is 15.4 Å². The summed E-state index contributed by atoms with van der Waals surface area (Å²) >= 11 is 0. The molecule has 0 saturated heterocycles. The van der Waals surface area contributed by atoms with Crippen molar-refractivity contribution in [2.24, 2.45) is 0 Å². The Balaban J connectivity index is 2.60. The first-order chi connectivity index (χ1) is 12.8. The van der Waals surface area contributed by atoms with E-state index in [1.807, 2.05) is 0 Å². The van der Waals surface area contributed by atoms with Gasteiger partial charge in [0, 0.05) is 0 Å². The van der Waals surface area contributed by atoms with E-state index in [1.165, 1.54) is 13.3 Å². The van der Waals surface area contributed by atoms with Gasteiger partial charge in [-0.2, -0.15) is 10.00 Å². The average Bonchev–Trinajstić information content (AvgIpc) is 2.95. The smallest absolute Gasteiger partial charge is 0.425 e. The lowest BCUT2D eigenvalue weighted by Gasteiger charge is -2.27. The Labute approximate surface area is 161 Å². The number of hydrogen-bond acceptors (Lipinski definition) is 9. The van der Waals surface area contributed by atoms with E-state index in [-0.39, 0.29) is 17.2 Å². The molecule has 0 fully saturated rings. The topological polar surface area (TPSA) is 125 Å². The Morgan fingerprint density at radius 2 is 1.50 bits per heavy atom. The van der Waals surface area contributed by atoms with E-state index in [0.29, 0.717) is 4.90 Å². The molecule has 0 aromatic carbocycles. The summed E-state index contributed by atoms with van der Waals surface area (Å²) in [6.45, 7) is 9.91. The lowest BCUT2D eigenvalue weighted by atomic mass is 10.2. The third-order valence-electron chi connectivity index (χ3n) is 3.04. The Hall–Kier alpha value is -3.24. The van der Waals surface area contributed by atoms with E-state index >= 15 is 0 Å². The van der Waals surface area contributed by atoms with Gasteiger partial charge in [0.05, 0.1) is 13.3 Å². The maximum atomic E-state index is 12.7. The van der Waals surface area contributed by atoms with Crippen LogP contribution in [0.2, 0.25) is 0 Å². The summed E-state index contributed by atoms with van der Waals surface area (Å²) in [4.78, 5) is 46.0. The second-order valence-corrected chi connectivity index (χ2v) is 7.75. The van der Waals surface area contributed by atoms with Crippen LogP contribution < -0.4 is 4.90 Å². The molecule has 2 aromatic heterocycles. The van der Waals surface area contributed by atoms with E-state index in [1.54, 1.807) is 41.5 Å². The second-order valence-electron chi connectivity index (χ2n) is 7.75. The highest BCUT2D eigenvalue weighted by Gasteiger charge is 2.36. The first-order valence-corrected chi connectivity index (χ1v) is 8.37. The van der Waals surface area contributed by atoms with Gasteiger partial charge in [-0.3, -0.25) is 0 Å². The van der Waals surface area contributed by atoms with Gasteiger partial charge in [0.15, 0.2) is 17.2 Å². The zero-order valence-electron chi connectivity index (χ0n) is 16.8. The molecule has 11 nitrogen and oxygen atoms in total. The summed E-state index contributed by atoms with van der Waals surface area (Å²) in [6.07, 6.45) is 0.245. The Kier molecular flexibility index (Phi) is 5.57. The van der Waals surface area contributed by atoms with Gasteiger partial charge >= 0.3 is 18.2 Å². The molecule has 11 heteroatoms. The summed E-state index contributed by atoms with van der Waals surface area (Å²) in [5, 5.41) is 3.93. The zero-order valence-corrected chi connectivity index (χ0v) is 16.8. The van der Waals surface area contributed by atoms with Crippen molar-refractivity contribution in [3.63, 3.8) is 0 Å². The third kappa shape index (κ3) is 4.72. The first kappa shape index (κ1) is 21.1. The second kappa shape index (κ2) is 7.41. The van der Waals surface area contributed by atoms with Gasteiger partial charge < -0.3 is 14.2 Å². The van der Waals surface area contributed by atoms with Crippen LogP contribution in [0, 0.1) is 0 Å². The van der Waals surface area contributed by atoms with Gasteiger partial charge in [-0.1, -0.05) is 0 Å². The summed E-state index contributed by atoms with van der Waals surface area (Å²) in [7, 11) is 1.21. The van der Waals surface area contributed by atoms with Crippen molar-refractivity contribution < 1.29 is 28.6 Å². The molecule has 0 bridgehead atoms. The van der Waals surface area contributed by atoms with Crippen molar-refractivity contribution in [1.82, 2.24) is 19.6 Å². The summed E-state index contributed by atoms with van der Waals surface area (Å²) < 4.78 is 16.4. The number of carbonyl (C=O) groups excluding carboxylic acids is 3. The van der Waals surface area contributed by atoms with Crippen LogP contribution in [0.15, 0.2) is 12.5 Å². The standard InChI is InChI=1S/C17H23N5O6/c1-16(2,3)27-14(24)21(15(25)28-17(4,5)6)11-12-18-8-10(13(23)26-7)22(12)20-9-19-11/h8-9H,1-7H3. The molecule has 0 aliphatic heterocycles. The number of nitrogens with zero attached hydrogens (tertiary/aromatic N) is 5. The number of aromatic nitrogens is 4. The minimum absolute atomic E-state index is 0.00511. The molecule has 2 rings (SSSR count). The molecule has 28 heavy (non-hydrogen) atoms. The van der Waals surface area contributed by atoms with E-state index in [2.05, 4.69) is 19.8 Å². The number of imidazole rings is 1. The molecule has 0 radical (unpaired) electrons. The highest BCUT2D eigenvalue weighted by Crippen LogP contribution is 2.23. The number of fused-ring (bicyclic) bond motifs is 1. The Morgan fingerprint density at radius 3 is 1.96 bits per heavy atom. The van der Waals surface area contributed by atoms with Crippen LogP contribution in [0.25, 0.3) is 5.65 Å². The Morgan fingerprint density at radius 1 is 0.964 bits per heavy atom. The maximum Gasteiger partial charge on any atom is 0.425 e. The minimum Gasteiger partial charge on any atom is -0.464 e. The molecular formula is C17H23N5O6. The number of methoxy groups -OCH3 is 1. The van der Waals surface area contributed by atoms with Crippen molar-refractivity contribution in [3.8, 4) is 0 Å². The molecule has 0 unspecified atom stereocenters. The van der Waals surface area contributed by atoms with Crippen molar-refractivity contribution in [2.75, 3.05) is 12.0 Å². The lowest BCUT2D eigenvalue weighted by molar-refractivity contribution is 0.0428. The molecule has 2 amide bonds. The van der Waals surface area contributed by atoms with Crippen molar-refractivity contribution in [2.45, 2.75) is 52.7 Å². The number of imide groups is 1. The van der Waals surface area contributed by atoms with Crippen LogP contribution in [-0.4, -0.2) is 56.0 Å². The van der Waals surface area contributed by atoms with Crippen LogP contribution in [-0.2, 0) is 14.2 Å². The van der Waals surface area contributed by atoms with Crippen molar-refractivity contribution in [3.05, 3.63) is 18.2 Å². The van der Waals surface area contributed by atoms with E-state index in [0.717, 1.165) is 10.8 Å². The number of rotatable bonds is 2. The monoisotopic (exact) mass is 393 g/mol. The summed E-state index contributed by atoms with van der Waals surface area (Å²) in [5.41, 5.74) is -1.80. The molecule has 0 N–H and O–H groups in total. The predicted octanol–water partition coefficient (Wildman–Crippen LogP) is 2.59. The molecule has 0 aliphatic carbocycles. The van der Waals surface area contributed by atoms with Gasteiger partial charge in [-0.25, -0.2) is 28.9 Å². The number of ether oxygens (including phenoxy) is 3. The number of amides is 2. The molecule has 0 aliphatic rings. The highest BCUT2D eigenvalue weighted by atomic mass is 16.6. The van der Waals surface area contributed by atoms with Gasteiger partial charge in [-0.15, -0.1) is 0 Å². The van der Waals surface area contributed by atoms with Crippen LogP contribution >= 0.6 is 0 Å². The van der Waals surface area contributed by atoms with Crippen LogP contribution in [0.1, 0.15) is 52.0 Å². The van der Waals surface area contributed by atoms with Gasteiger partial charge in [0.25, 0.3) is 0 Å². The largest absolute Gasteiger partial charge is 0.464 e. The number of esters is 1.